The SMILES string of the molecule is CCC(=O)OCCCC1(O)CC[C@H]2[C@@H]3CCC4=C(Cl)C(=O)CC[C@]4(C)[C@@H]3CC[C@@]21C. The fourth-order valence-electron chi connectivity index (χ4n) is 7.82. The number of aliphatic hydroxyl groups is 1. The molecule has 0 spiro atoms. The number of hydrogen-bond acceptors (Lipinski definition) is 4. The number of hydrogen-bond donors (Lipinski definition) is 1. The predicted molar refractivity (Wildman–Crippen MR) is 117 cm³/mol. The van der Waals surface area contributed by atoms with Crippen molar-refractivity contribution in [1.82, 2.24) is 0 Å². The Morgan fingerprint density at radius 2 is 1.87 bits per heavy atom. The summed E-state index contributed by atoms with van der Waals surface area (Å²) in [5.41, 5.74) is 0.522. The third kappa shape index (κ3) is 3.28. The van der Waals surface area contributed by atoms with Gasteiger partial charge in [0.2, 0.25) is 0 Å². The number of halogens is 1. The monoisotopic (exact) mass is 436 g/mol. The van der Waals surface area contributed by atoms with Crippen molar-refractivity contribution in [2.75, 3.05) is 6.61 Å². The molecular formula is C25H37ClO4. The number of carbonyl (C=O) groups excluding carboxylic acids is 2. The molecule has 3 saturated carbocycles. The van der Waals surface area contributed by atoms with Crippen molar-refractivity contribution in [2.24, 2.45) is 28.6 Å². The van der Waals surface area contributed by atoms with E-state index in [2.05, 4.69) is 13.8 Å². The van der Waals surface area contributed by atoms with Crippen molar-refractivity contribution in [3.63, 3.8) is 0 Å². The maximum Gasteiger partial charge on any atom is 0.305 e. The van der Waals surface area contributed by atoms with Crippen LogP contribution >= 0.6 is 11.6 Å². The summed E-state index contributed by atoms with van der Waals surface area (Å²) in [6.45, 7) is 6.86. The van der Waals surface area contributed by atoms with Crippen molar-refractivity contribution in [3.05, 3.63) is 10.6 Å². The lowest BCUT2D eigenvalue weighted by Gasteiger charge is -2.59. The van der Waals surface area contributed by atoms with E-state index < -0.39 is 5.60 Å². The second kappa shape index (κ2) is 7.92. The quantitative estimate of drug-likeness (QED) is 0.453. The van der Waals surface area contributed by atoms with Crippen molar-refractivity contribution >= 4 is 23.4 Å². The van der Waals surface area contributed by atoms with Crippen molar-refractivity contribution in [1.29, 1.82) is 0 Å². The van der Waals surface area contributed by atoms with E-state index in [9.17, 15) is 14.7 Å². The van der Waals surface area contributed by atoms with E-state index in [4.69, 9.17) is 16.3 Å². The molecule has 1 unspecified atom stereocenters. The van der Waals surface area contributed by atoms with Gasteiger partial charge in [0.25, 0.3) is 0 Å². The molecule has 30 heavy (non-hydrogen) atoms. The molecule has 5 heteroatoms. The molecule has 0 bridgehead atoms. The third-order valence-corrected chi connectivity index (χ3v) is 10.1. The molecule has 6 atom stereocenters. The number of ketones is 1. The highest BCUT2D eigenvalue weighted by atomic mass is 35.5. The van der Waals surface area contributed by atoms with Crippen LogP contribution in [0.25, 0.3) is 0 Å². The van der Waals surface area contributed by atoms with Crippen LogP contribution in [0.2, 0.25) is 0 Å². The van der Waals surface area contributed by atoms with Crippen LogP contribution in [0.15, 0.2) is 10.6 Å². The van der Waals surface area contributed by atoms with Gasteiger partial charge in [-0.25, -0.2) is 0 Å². The molecule has 4 nitrogen and oxygen atoms in total. The van der Waals surface area contributed by atoms with E-state index in [1.165, 1.54) is 5.57 Å². The van der Waals surface area contributed by atoms with Gasteiger partial charge in [-0.1, -0.05) is 32.4 Å². The fourth-order valence-corrected chi connectivity index (χ4v) is 8.23. The van der Waals surface area contributed by atoms with Crippen LogP contribution in [0.3, 0.4) is 0 Å². The van der Waals surface area contributed by atoms with Gasteiger partial charge < -0.3 is 9.84 Å². The highest BCUT2D eigenvalue weighted by Gasteiger charge is 2.63. The maximum absolute atomic E-state index is 12.2. The summed E-state index contributed by atoms with van der Waals surface area (Å²) in [5.74, 6) is 1.65. The largest absolute Gasteiger partial charge is 0.466 e. The molecule has 0 aromatic heterocycles. The van der Waals surface area contributed by atoms with Gasteiger partial charge in [-0.2, -0.15) is 0 Å². The normalized spacial score (nSPS) is 43.1. The van der Waals surface area contributed by atoms with E-state index in [1.54, 1.807) is 6.92 Å². The van der Waals surface area contributed by atoms with Gasteiger partial charge in [-0.15, -0.1) is 0 Å². The van der Waals surface area contributed by atoms with Crippen LogP contribution in [0.4, 0.5) is 0 Å². The number of fused-ring (bicyclic) bond motifs is 5. The zero-order valence-corrected chi connectivity index (χ0v) is 19.5. The Balaban J connectivity index is 1.50. The maximum atomic E-state index is 12.2. The number of carbonyl (C=O) groups is 2. The van der Waals surface area contributed by atoms with E-state index in [0.29, 0.717) is 48.7 Å². The van der Waals surface area contributed by atoms with Crippen LogP contribution < -0.4 is 0 Å². The lowest BCUT2D eigenvalue weighted by molar-refractivity contribution is -0.146. The lowest BCUT2D eigenvalue weighted by Crippen LogP contribution is -2.55. The van der Waals surface area contributed by atoms with Gasteiger partial charge in [0.05, 0.1) is 17.2 Å². The number of rotatable bonds is 5. The van der Waals surface area contributed by atoms with Crippen LogP contribution in [-0.4, -0.2) is 29.1 Å². The first-order valence-electron chi connectivity index (χ1n) is 12.0. The Bertz CT molecular complexity index is 760. The Kier molecular flexibility index (Phi) is 5.89. The molecule has 0 aliphatic heterocycles. The van der Waals surface area contributed by atoms with E-state index in [0.717, 1.165) is 51.4 Å². The smallest absolute Gasteiger partial charge is 0.305 e. The van der Waals surface area contributed by atoms with E-state index >= 15 is 0 Å². The molecule has 0 radical (unpaired) electrons. The number of allylic oxidation sites excluding steroid dienone is 1. The fraction of sp³-hybridized carbons (Fsp3) is 0.840. The Morgan fingerprint density at radius 3 is 2.60 bits per heavy atom. The van der Waals surface area contributed by atoms with Gasteiger partial charge in [-0.3, -0.25) is 9.59 Å². The summed E-state index contributed by atoms with van der Waals surface area (Å²) in [4.78, 5) is 23.6. The zero-order valence-electron chi connectivity index (χ0n) is 18.8. The molecule has 0 amide bonds. The van der Waals surface area contributed by atoms with Gasteiger partial charge in [0.1, 0.15) is 0 Å². The first kappa shape index (κ1) is 22.3. The summed E-state index contributed by atoms with van der Waals surface area (Å²) < 4.78 is 5.25. The average Bonchev–Trinajstić information content (AvgIpc) is 2.99. The van der Waals surface area contributed by atoms with E-state index in [1.807, 2.05) is 0 Å². The molecule has 4 aliphatic carbocycles. The Hall–Kier alpha value is -0.870. The van der Waals surface area contributed by atoms with Crippen LogP contribution in [0.1, 0.15) is 91.4 Å². The lowest BCUT2D eigenvalue weighted by atomic mass is 9.46. The minimum absolute atomic E-state index is 0.0459. The van der Waals surface area contributed by atoms with Gasteiger partial charge in [-0.05, 0) is 91.9 Å². The minimum atomic E-state index is -0.668. The topological polar surface area (TPSA) is 63.6 Å². The predicted octanol–water partition coefficient (Wildman–Crippen LogP) is 5.55. The second-order valence-electron chi connectivity index (χ2n) is 10.8. The van der Waals surface area contributed by atoms with Crippen LogP contribution in [0, 0.1) is 28.6 Å². The number of esters is 1. The van der Waals surface area contributed by atoms with Gasteiger partial charge in [0.15, 0.2) is 5.78 Å². The molecule has 4 aliphatic rings. The molecule has 3 fully saturated rings. The van der Waals surface area contributed by atoms with Crippen molar-refractivity contribution in [2.45, 2.75) is 97.0 Å². The zero-order chi connectivity index (χ0) is 21.7. The average molecular weight is 437 g/mol. The standard InChI is InChI=1S/C25H37ClO4/c1-4-21(28)30-15-5-11-25(29)14-9-18-16-6-7-19-22(26)20(27)10-12-23(19,2)17(16)8-13-24(18,25)3/h16-18,29H,4-15H2,1-3H3/t16-,17-,18+,23-,24+,25?/m1/s1. The summed E-state index contributed by atoms with van der Waals surface area (Å²) in [6, 6.07) is 0. The summed E-state index contributed by atoms with van der Waals surface area (Å²) in [5, 5.41) is 12.2. The van der Waals surface area contributed by atoms with Crippen molar-refractivity contribution in [3.8, 4) is 0 Å². The van der Waals surface area contributed by atoms with E-state index in [-0.39, 0.29) is 22.6 Å². The highest BCUT2D eigenvalue weighted by molar-refractivity contribution is 6.43. The molecular weight excluding hydrogens is 400 g/mol. The number of Topliss-reactive ketones (excluding diaryl/α,β-unsaturated/α-hetero) is 1. The number of ether oxygens (including phenoxy) is 1. The minimum Gasteiger partial charge on any atom is -0.466 e. The second-order valence-corrected chi connectivity index (χ2v) is 11.1. The molecule has 0 heterocycles. The molecule has 0 aromatic carbocycles. The summed E-state index contributed by atoms with van der Waals surface area (Å²) in [7, 11) is 0. The Labute approximate surface area is 185 Å². The Morgan fingerprint density at radius 1 is 1.13 bits per heavy atom. The summed E-state index contributed by atoms with van der Waals surface area (Å²) >= 11 is 6.50. The van der Waals surface area contributed by atoms with Crippen LogP contribution in [0.5, 0.6) is 0 Å². The van der Waals surface area contributed by atoms with Gasteiger partial charge in [0, 0.05) is 12.8 Å². The third-order valence-electron chi connectivity index (χ3n) is 9.66. The molecule has 4 rings (SSSR count). The first-order chi connectivity index (χ1) is 14.2. The highest BCUT2D eigenvalue weighted by Crippen LogP contribution is 2.68. The van der Waals surface area contributed by atoms with Crippen molar-refractivity contribution < 1.29 is 19.4 Å². The molecule has 1 N–H and O–H groups in total. The molecule has 0 saturated heterocycles. The first-order valence-corrected chi connectivity index (χ1v) is 12.3. The summed E-state index contributed by atoms with van der Waals surface area (Å²) in [6.07, 6.45) is 9.39. The molecule has 0 aromatic rings. The molecule has 168 valence electrons. The van der Waals surface area contributed by atoms with Gasteiger partial charge >= 0.3 is 5.97 Å². The van der Waals surface area contributed by atoms with Crippen LogP contribution in [-0.2, 0) is 14.3 Å².